The van der Waals surface area contributed by atoms with Gasteiger partial charge in [-0.1, -0.05) is 29.4 Å². The first-order chi connectivity index (χ1) is 15.4. The lowest BCUT2D eigenvalue weighted by Crippen LogP contribution is -2.50. The van der Waals surface area contributed by atoms with Crippen LogP contribution in [0.25, 0.3) is 11.3 Å². The molecular formula is C23H24N4O5. The number of carbonyl (C=O) groups excluding carboxylic acids is 3. The van der Waals surface area contributed by atoms with E-state index in [1.54, 1.807) is 54.3 Å². The number of rotatable bonds is 6. The Morgan fingerprint density at radius 1 is 1.03 bits per heavy atom. The highest BCUT2D eigenvalue weighted by molar-refractivity contribution is 5.95. The zero-order valence-corrected chi connectivity index (χ0v) is 18.0. The van der Waals surface area contributed by atoms with Crippen molar-refractivity contribution in [3.63, 3.8) is 0 Å². The van der Waals surface area contributed by atoms with Crippen LogP contribution in [0.15, 0.2) is 51.4 Å². The highest BCUT2D eigenvalue weighted by atomic mass is 16.5. The van der Waals surface area contributed by atoms with Gasteiger partial charge < -0.3 is 19.2 Å². The summed E-state index contributed by atoms with van der Waals surface area (Å²) in [7, 11) is 0. The highest BCUT2D eigenvalue weighted by Gasteiger charge is 2.25. The molecule has 0 atom stereocenters. The average molecular weight is 436 g/mol. The fourth-order valence-electron chi connectivity index (χ4n) is 3.55. The molecule has 1 aromatic carbocycles. The van der Waals surface area contributed by atoms with Crippen LogP contribution in [0.4, 0.5) is 5.82 Å². The number of piperazine rings is 1. The van der Waals surface area contributed by atoms with Crippen LogP contribution in [0, 0.1) is 6.92 Å². The Bertz CT molecular complexity index is 1120. The summed E-state index contributed by atoms with van der Waals surface area (Å²) in [6.45, 7) is 5.65. The summed E-state index contributed by atoms with van der Waals surface area (Å²) in [4.78, 5) is 40.1. The minimum Gasteiger partial charge on any atom is -0.451 e. The highest BCUT2D eigenvalue weighted by Crippen LogP contribution is 2.24. The van der Waals surface area contributed by atoms with Gasteiger partial charge in [0.2, 0.25) is 5.91 Å². The summed E-state index contributed by atoms with van der Waals surface area (Å²) in [5.41, 5.74) is 1.42. The van der Waals surface area contributed by atoms with Gasteiger partial charge in [0.05, 0.1) is 6.54 Å². The number of benzene rings is 1. The third-order valence-corrected chi connectivity index (χ3v) is 5.31. The van der Waals surface area contributed by atoms with Crippen molar-refractivity contribution >= 4 is 23.4 Å². The van der Waals surface area contributed by atoms with Crippen LogP contribution < -0.4 is 5.32 Å². The second kappa shape index (κ2) is 9.19. The molecule has 3 aromatic rings. The minimum absolute atomic E-state index is 0.00303. The molecule has 32 heavy (non-hydrogen) atoms. The summed E-state index contributed by atoms with van der Waals surface area (Å²) in [6.07, 6.45) is 0. The Morgan fingerprint density at radius 3 is 2.38 bits per heavy atom. The molecule has 9 heteroatoms. The van der Waals surface area contributed by atoms with Crippen molar-refractivity contribution in [2.75, 3.05) is 38.0 Å². The topological polar surface area (TPSA) is 109 Å². The first-order valence-corrected chi connectivity index (χ1v) is 10.3. The molecular weight excluding hydrogens is 412 g/mol. The van der Waals surface area contributed by atoms with Crippen LogP contribution in [0.5, 0.6) is 0 Å². The maximum absolute atomic E-state index is 12.8. The Kier molecular flexibility index (Phi) is 6.18. The molecule has 2 aromatic heterocycles. The van der Waals surface area contributed by atoms with E-state index in [9.17, 15) is 14.4 Å². The van der Waals surface area contributed by atoms with Gasteiger partial charge in [-0.25, -0.2) is 0 Å². The van der Waals surface area contributed by atoms with Crippen molar-refractivity contribution in [3.8, 4) is 11.3 Å². The third-order valence-electron chi connectivity index (χ3n) is 5.31. The van der Waals surface area contributed by atoms with Gasteiger partial charge in [-0.05, 0) is 26.0 Å². The Balaban J connectivity index is 1.30. The number of anilines is 1. The number of carbonyl (C=O) groups is 3. The molecule has 3 heterocycles. The van der Waals surface area contributed by atoms with E-state index in [2.05, 4.69) is 10.5 Å². The van der Waals surface area contributed by atoms with E-state index in [0.29, 0.717) is 49.1 Å². The van der Waals surface area contributed by atoms with Crippen LogP contribution in [0.1, 0.15) is 33.6 Å². The Labute approximate surface area is 185 Å². The van der Waals surface area contributed by atoms with Gasteiger partial charge in [-0.15, -0.1) is 0 Å². The van der Waals surface area contributed by atoms with Gasteiger partial charge in [0.15, 0.2) is 17.4 Å². The van der Waals surface area contributed by atoms with E-state index in [1.807, 2.05) is 4.90 Å². The number of nitrogens with one attached hydrogen (secondary N) is 1. The van der Waals surface area contributed by atoms with Crippen LogP contribution in [-0.4, -0.2) is 65.3 Å². The molecule has 1 N–H and O–H groups in total. The molecule has 0 unspecified atom stereocenters. The summed E-state index contributed by atoms with van der Waals surface area (Å²) >= 11 is 0. The van der Waals surface area contributed by atoms with E-state index < -0.39 is 0 Å². The number of aryl methyl sites for hydroxylation is 1. The van der Waals surface area contributed by atoms with Crippen molar-refractivity contribution in [2.45, 2.75) is 13.8 Å². The lowest BCUT2D eigenvalue weighted by molar-refractivity contribution is -0.117. The second-order valence-electron chi connectivity index (χ2n) is 7.74. The van der Waals surface area contributed by atoms with Gasteiger partial charge in [-0.3, -0.25) is 19.3 Å². The first kappa shape index (κ1) is 21.5. The molecule has 2 amide bonds. The maximum atomic E-state index is 12.8. The molecule has 1 aliphatic rings. The molecule has 0 spiro atoms. The summed E-state index contributed by atoms with van der Waals surface area (Å²) < 4.78 is 10.7. The van der Waals surface area contributed by atoms with E-state index in [-0.39, 0.29) is 29.9 Å². The van der Waals surface area contributed by atoms with Crippen LogP contribution >= 0.6 is 0 Å². The molecule has 0 bridgehead atoms. The predicted molar refractivity (Wildman–Crippen MR) is 116 cm³/mol. The fraction of sp³-hybridized carbons (Fsp3) is 0.304. The van der Waals surface area contributed by atoms with Crippen LogP contribution in [-0.2, 0) is 4.79 Å². The third kappa shape index (κ3) is 4.94. The van der Waals surface area contributed by atoms with Gasteiger partial charge in [0.25, 0.3) is 5.91 Å². The molecule has 0 radical (unpaired) electrons. The Hall–Kier alpha value is -3.72. The number of hydrogen-bond donors (Lipinski definition) is 1. The molecule has 0 aliphatic carbocycles. The minimum atomic E-state index is -0.182. The number of nitrogens with zero attached hydrogens (tertiary/aromatic N) is 3. The molecule has 9 nitrogen and oxygen atoms in total. The Morgan fingerprint density at radius 2 is 1.75 bits per heavy atom. The molecule has 166 valence electrons. The van der Waals surface area contributed by atoms with Crippen LogP contribution in [0.2, 0.25) is 0 Å². The van der Waals surface area contributed by atoms with Gasteiger partial charge >= 0.3 is 0 Å². The zero-order valence-electron chi connectivity index (χ0n) is 18.0. The second-order valence-corrected chi connectivity index (χ2v) is 7.74. The first-order valence-electron chi connectivity index (χ1n) is 10.3. The molecule has 1 aliphatic heterocycles. The van der Waals surface area contributed by atoms with E-state index in [1.165, 1.54) is 6.92 Å². The molecule has 1 fully saturated rings. The fourth-order valence-corrected chi connectivity index (χ4v) is 3.55. The maximum Gasteiger partial charge on any atom is 0.289 e. The van der Waals surface area contributed by atoms with E-state index >= 15 is 0 Å². The molecule has 0 saturated carbocycles. The van der Waals surface area contributed by atoms with Gasteiger partial charge in [-0.2, -0.15) is 0 Å². The normalized spacial score (nSPS) is 14.4. The largest absolute Gasteiger partial charge is 0.451 e. The number of aromatic nitrogens is 1. The van der Waals surface area contributed by atoms with Crippen molar-refractivity contribution < 1.29 is 23.3 Å². The molecule has 1 saturated heterocycles. The summed E-state index contributed by atoms with van der Waals surface area (Å²) in [6, 6.07) is 12.1. The number of hydrogen-bond acceptors (Lipinski definition) is 7. The quantitative estimate of drug-likeness (QED) is 0.592. The summed E-state index contributed by atoms with van der Waals surface area (Å²) in [5, 5.41) is 6.45. The standard InChI is InChI=1S/C23H24N4O5/c1-15-13-21(25-32-15)24-22(29)14-26-9-11-27(12-10-26)23(30)20-8-7-19(31-20)18-5-3-17(4-6-18)16(2)28/h3-8,13H,9-12,14H2,1-2H3,(H,24,25,29). The van der Waals surface area contributed by atoms with Gasteiger partial charge in [0, 0.05) is 43.4 Å². The predicted octanol–water partition coefficient (Wildman–Crippen LogP) is 2.84. The van der Waals surface area contributed by atoms with Crippen molar-refractivity contribution in [2.24, 2.45) is 0 Å². The number of ketones is 1. The number of furan rings is 1. The van der Waals surface area contributed by atoms with Crippen molar-refractivity contribution in [1.29, 1.82) is 0 Å². The number of amides is 2. The SMILES string of the molecule is CC(=O)c1ccc(-c2ccc(C(=O)N3CCN(CC(=O)Nc4cc(C)on4)CC3)o2)cc1. The average Bonchev–Trinajstić information content (AvgIpc) is 3.43. The zero-order chi connectivity index (χ0) is 22.7. The van der Waals surface area contributed by atoms with Gasteiger partial charge in [0.1, 0.15) is 11.5 Å². The van der Waals surface area contributed by atoms with Crippen molar-refractivity contribution in [3.05, 3.63) is 59.5 Å². The lowest BCUT2D eigenvalue weighted by atomic mass is 10.1. The molecule has 4 rings (SSSR count). The lowest BCUT2D eigenvalue weighted by Gasteiger charge is -2.33. The van der Waals surface area contributed by atoms with Crippen LogP contribution in [0.3, 0.4) is 0 Å². The smallest absolute Gasteiger partial charge is 0.289 e. The number of Topliss-reactive ketones (excluding diaryl/α,β-unsaturated/α-hetero) is 1. The monoisotopic (exact) mass is 436 g/mol. The summed E-state index contributed by atoms with van der Waals surface area (Å²) in [5.74, 6) is 1.50. The van der Waals surface area contributed by atoms with Crippen molar-refractivity contribution in [1.82, 2.24) is 15.0 Å². The van der Waals surface area contributed by atoms with E-state index in [4.69, 9.17) is 8.94 Å². The van der Waals surface area contributed by atoms with E-state index in [0.717, 1.165) is 5.56 Å².